The number of rotatable bonds is 3. The van der Waals surface area contributed by atoms with Crippen LogP contribution < -0.4 is 5.32 Å². The van der Waals surface area contributed by atoms with Crippen molar-refractivity contribution in [1.82, 2.24) is 4.90 Å². The van der Waals surface area contributed by atoms with Crippen LogP contribution in [-0.2, 0) is 9.59 Å². The van der Waals surface area contributed by atoms with Crippen LogP contribution in [0, 0.1) is 0 Å². The third-order valence-electron chi connectivity index (χ3n) is 2.98. The van der Waals surface area contributed by atoms with Gasteiger partial charge in [-0.05, 0) is 26.0 Å². The normalized spacial score (nSPS) is 19.4. The van der Waals surface area contributed by atoms with E-state index in [9.17, 15) is 9.59 Å². The van der Waals surface area contributed by atoms with E-state index < -0.39 is 6.04 Å². The van der Waals surface area contributed by atoms with Crippen molar-refractivity contribution in [3.05, 3.63) is 28.2 Å². The van der Waals surface area contributed by atoms with Gasteiger partial charge in [0.15, 0.2) is 0 Å². The predicted octanol–water partition coefficient (Wildman–Crippen LogP) is 2.94. The molecule has 2 amide bonds. The van der Waals surface area contributed by atoms with Crippen molar-refractivity contribution in [3.63, 3.8) is 0 Å². The maximum atomic E-state index is 12.1. The van der Waals surface area contributed by atoms with E-state index in [2.05, 4.69) is 5.32 Å². The van der Waals surface area contributed by atoms with E-state index in [0.717, 1.165) is 0 Å². The quantitative estimate of drug-likeness (QED) is 0.873. The van der Waals surface area contributed by atoms with E-state index in [0.29, 0.717) is 15.7 Å². The monoisotopic (exact) mass is 300 g/mol. The summed E-state index contributed by atoms with van der Waals surface area (Å²) in [5.74, 6) is -0.397. The molecule has 102 valence electrons. The Balaban J connectivity index is 2.19. The molecule has 1 heterocycles. The van der Waals surface area contributed by atoms with E-state index in [1.807, 2.05) is 13.8 Å². The molecule has 0 radical (unpaired) electrons. The van der Waals surface area contributed by atoms with Crippen molar-refractivity contribution in [1.29, 1.82) is 0 Å². The fraction of sp³-hybridized carbons (Fsp3) is 0.385. The van der Waals surface area contributed by atoms with Crippen LogP contribution >= 0.6 is 23.2 Å². The third kappa shape index (κ3) is 2.69. The van der Waals surface area contributed by atoms with Crippen LogP contribution in [0.4, 0.5) is 5.69 Å². The zero-order valence-electron chi connectivity index (χ0n) is 10.6. The number of imide groups is 1. The summed E-state index contributed by atoms with van der Waals surface area (Å²) in [6.07, 6.45) is 0.139. The molecule has 1 fully saturated rings. The molecule has 0 bridgehead atoms. The molecule has 0 spiro atoms. The highest BCUT2D eigenvalue weighted by molar-refractivity contribution is 6.43. The summed E-state index contributed by atoms with van der Waals surface area (Å²) in [5.41, 5.74) is 0.561. The Bertz CT molecular complexity index is 531. The lowest BCUT2D eigenvalue weighted by Crippen LogP contribution is -2.39. The average molecular weight is 301 g/mol. The lowest BCUT2D eigenvalue weighted by Gasteiger charge is -2.19. The Hall–Kier alpha value is -1.26. The molecule has 4 nitrogen and oxygen atoms in total. The largest absolute Gasteiger partial charge is 0.372 e. The summed E-state index contributed by atoms with van der Waals surface area (Å²) in [7, 11) is 0. The minimum atomic E-state index is -0.578. The van der Waals surface area contributed by atoms with Gasteiger partial charge in [-0.1, -0.05) is 29.3 Å². The summed E-state index contributed by atoms with van der Waals surface area (Å²) in [4.78, 5) is 25.2. The first-order valence-corrected chi connectivity index (χ1v) is 6.74. The lowest BCUT2D eigenvalue weighted by atomic mass is 10.2. The Morgan fingerprint density at radius 3 is 2.58 bits per heavy atom. The third-order valence-corrected chi connectivity index (χ3v) is 3.80. The molecule has 2 rings (SSSR count). The molecule has 1 aliphatic rings. The van der Waals surface area contributed by atoms with Gasteiger partial charge in [0.25, 0.3) is 5.91 Å². The summed E-state index contributed by atoms with van der Waals surface area (Å²) in [6.45, 7) is 3.62. The number of benzene rings is 1. The van der Waals surface area contributed by atoms with Gasteiger partial charge >= 0.3 is 0 Å². The molecule has 0 aliphatic carbocycles. The number of halogens is 2. The molecule has 1 aliphatic heterocycles. The van der Waals surface area contributed by atoms with Gasteiger partial charge < -0.3 is 5.32 Å². The number of nitrogens with one attached hydrogen (secondary N) is 1. The summed E-state index contributed by atoms with van der Waals surface area (Å²) < 4.78 is 0. The molecule has 1 aromatic carbocycles. The highest BCUT2D eigenvalue weighted by atomic mass is 35.5. The molecular formula is C13H14Cl2N2O2. The average Bonchev–Trinajstić information content (AvgIpc) is 2.60. The summed E-state index contributed by atoms with van der Waals surface area (Å²) in [6, 6.07) is 4.41. The molecule has 1 saturated heterocycles. The fourth-order valence-corrected chi connectivity index (χ4v) is 2.46. The van der Waals surface area contributed by atoms with Crippen LogP contribution in [0.1, 0.15) is 20.3 Å². The number of anilines is 1. The van der Waals surface area contributed by atoms with Crippen LogP contribution in [0.5, 0.6) is 0 Å². The smallest absolute Gasteiger partial charge is 0.252 e. The predicted molar refractivity (Wildman–Crippen MR) is 75.5 cm³/mol. The van der Waals surface area contributed by atoms with E-state index in [1.165, 1.54) is 4.90 Å². The highest BCUT2D eigenvalue weighted by Crippen LogP contribution is 2.31. The Labute approximate surface area is 121 Å². The standard InChI is InChI=1S/C13H14Cl2N2O2/c1-7(2)17-11(18)6-10(13(17)19)16-9-5-3-4-8(14)12(9)15/h3-5,7,10,16H,6H2,1-2H3. The van der Waals surface area contributed by atoms with Gasteiger partial charge in [0.1, 0.15) is 6.04 Å². The molecule has 6 heteroatoms. The number of likely N-dealkylation sites (tertiary alicyclic amines) is 1. The number of amides is 2. The number of hydrogen-bond donors (Lipinski definition) is 1. The van der Waals surface area contributed by atoms with Gasteiger partial charge in [0.05, 0.1) is 22.2 Å². The van der Waals surface area contributed by atoms with Crippen molar-refractivity contribution in [2.24, 2.45) is 0 Å². The van der Waals surface area contributed by atoms with Crippen molar-refractivity contribution in [2.75, 3.05) is 5.32 Å². The Morgan fingerprint density at radius 1 is 1.32 bits per heavy atom. The van der Waals surface area contributed by atoms with Crippen LogP contribution in [0.25, 0.3) is 0 Å². The molecule has 1 aromatic rings. The molecule has 0 saturated carbocycles. The number of hydrogen-bond acceptors (Lipinski definition) is 3. The maximum absolute atomic E-state index is 12.1. The molecule has 1 atom stereocenters. The molecule has 1 N–H and O–H groups in total. The first kappa shape index (κ1) is 14.2. The van der Waals surface area contributed by atoms with Gasteiger partial charge in [-0.2, -0.15) is 0 Å². The first-order valence-electron chi connectivity index (χ1n) is 5.98. The lowest BCUT2D eigenvalue weighted by molar-refractivity contribution is -0.140. The molecule has 19 heavy (non-hydrogen) atoms. The number of carbonyl (C=O) groups is 2. The van der Waals surface area contributed by atoms with Crippen LogP contribution in [0.3, 0.4) is 0 Å². The second-order valence-corrected chi connectivity index (χ2v) is 5.48. The minimum absolute atomic E-state index is 0.137. The van der Waals surface area contributed by atoms with Crippen molar-refractivity contribution in [2.45, 2.75) is 32.4 Å². The topological polar surface area (TPSA) is 49.4 Å². The SMILES string of the molecule is CC(C)N1C(=O)CC(Nc2cccc(Cl)c2Cl)C1=O. The minimum Gasteiger partial charge on any atom is -0.372 e. The van der Waals surface area contributed by atoms with Crippen LogP contribution in [-0.4, -0.2) is 28.8 Å². The van der Waals surface area contributed by atoms with Gasteiger partial charge in [0.2, 0.25) is 5.91 Å². The van der Waals surface area contributed by atoms with Gasteiger partial charge in [-0.25, -0.2) is 0 Å². The Kier molecular flexibility index (Phi) is 4.02. The second-order valence-electron chi connectivity index (χ2n) is 4.70. The van der Waals surface area contributed by atoms with Crippen LogP contribution in [0.2, 0.25) is 10.0 Å². The number of carbonyl (C=O) groups excluding carboxylic acids is 2. The first-order chi connectivity index (χ1) is 8.91. The van der Waals surface area contributed by atoms with Crippen LogP contribution in [0.15, 0.2) is 18.2 Å². The summed E-state index contributed by atoms with van der Waals surface area (Å²) >= 11 is 12.0. The second kappa shape index (κ2) is 5.39. The highest BCUT2D eigenvalue weighted by Gasteiger charge is 2.40. The zero-order valence-corrected chi connectivity index (χ0v) is 12.1. The van der Waals surface area contributed by atoms with E-state index in [-0.39, 0.29) is 24.3 Å². The van der Waals surface area contributed by atoms with Gasteiger partial charge in [-0.15, -0.1) is 0 Å². The summed E-state index contributed by atoms with van der Waals surface area (Å²) in [5, 5.41) is 3.75. The van der Waals surface area contributed by atoms with Crippen molar-refractivity contribution >= 4 is 40.7 Å². The molecule has 0 aromatic heterocycles. The van der Waals surface area contributed by atoms with Gasteiger partial charge in [-0.3, -0.25) is 14.5 Å². The van der Waals surface area contributed by atoms with E-state index in [4.69, 9.17) is 23.2 Å². The Morgan fingerprint density at radius 2 is 2.00 bits per heavy atom. The van der Waals surface area contributed by atoms with E-state index in [1.54, 1.807) is 18.2 Å². The maximum Gasteiger partial charge on any atom is 0.252 e. The number of nitrogens with zero attached hydrogens (tertiary/aromatic N) is 1. The van der Waals surface area contributed by atoms with Crippen molar-refractivity contribution < 1.29 is 9.59 Å². The zero-order chi connectivity index (χ0) is 14.2. The molecule has 1 unspecified atom stereocenters. The fourth-order valence-electron chi connectivity index (χ4n) is 2.11. The van der Waals surface area contributed by atoms with Gasteiger partial charge in [0, 0.05) is 6.04 Å². The van der Waals surface area contributed by atoms with Crippen molar-refractivity contribution in [3.8, 4) is 0 Å². The molecular weight excluding hydrogens is 287 g/mol. The van der Waals surface area contributed by atoms with E-state index >= 15 is 0 Å².